The Labute approximate surface area is 201 Å². The van der Waals surface area contributed by atoms with Gasteiger partial charge in [0.2, 0.25) is 11.8 Å². The molecular weight excluding hydrogens is 428 g/mol. The lowest BCUT2D eigenvalue weighted by atomic mass is 10.0. The number of amides is 2. The van der Waals surface area contributed by atoms with E-state index in [2.05, 4.69) is 36.5 Å². The lowest BCUT2D eigenvalue weighted by Gasteiger charge is -2.31. The van der Waals surface area contributed by atoms with Gasteiger partial charge in [0, 0.05) is 36.6 Å². The average Bonchev–Trinajstić information content (AvgIpc) is 2.84. The Balaban J connectivity index is 1.79. The van der Waals surface area contributed by atoms with Crippen LogP contribution in [0, 0.1) is 6.92 Å². The van der Waals surface area contributed by atoms with Gasteiger partial charge in [-0.2, -0.15) is 0 Å². The first-order valence-electron chi connectivity index (χ1n) is 11.4. The molecule has 4 nitrogen and oxygen atoms in total. The van der Waals surface area contributed by atoms with E-state index in [1.807, 2.05) is 67.6 Å². The van der Waals surface area contributed by atoms with Crippen molar-refractivity contribution in [2.75, 3.05) is 12.3 Å². The first-order valence-corrected chi connectivity index (χ1v) is 12.4. The summed E-state index contributed by atoms with van der Waals surface area (Å²) in [5, 5.41) is 2.94. The van der Waals surface area contributed by atoms with Crippen LogP contribution in [0.5, 0.6) is 0 Å². The maximum Gasteiger partial charge on any atom is 0.243 e. The number of benzene rings is 3. The molecule has 1 N–H and O–H groups in total. The van der Waals surface area contributed by atoms with Crippen LogP contribution in [0.2, 0.25) is 0 Å². The van der Waals surface area contributed by atoms with Crippen molar-refractivity contribution < 1.29 is 9.59 Å². The summed E-state index contributed by atoms with van der Waals surface area (Å²) in [6.07, 6.45) is 0.854. The number of aryl methyl sites for hydroxylation is 1. The highest BCUT2D eigenvalue weighted by Crippen LogP contribution is 2.21. The molecule has 0 bridgehead atoms. The van der Waals surface area contributed by atoms with Gasteiger partial charge in [0.1, 0.15) is 6.04 Å². The summed E-state index contributed by atoms with van der Waals surface area (Å²) < 4.78 is 0. The average molecular weight is 461 g/mol. The standard InChI is InChI=1S/C28H32N2O2S/c1-3-29-28(32)26(20-23-10-6-4-7-11-23)30(21-24-12-8-5-9-13-24)27(31)18-19-33-25-16-14-22(2)15-17-25/h4-17,26H,3,18-21H2,1-2H3,(H,29,32). The quantitative estimate of drug-likeness (QED) is 0.398. The molecule has 0 heterocycles. The van der Waals surface area contributed by atoms with Crippen molar-refractivity contribution in [2.24, 2.45) is 0 Å². The molecule has 172 valence electrons. The van der Waals surface area contributed by atoms with E-state index in [4.69, 9.17) is 0 Å². The van der Waals surface area contributed by atoms with Gasteiger partial charge in [-0.1, -0.05) is 78.4 Å². The molecule has 0 saturated heterocycles. The van der Waals surface area contributed by atoms with E-state index in [1.54, 1.807) is 16.7 Å². The molecule has 33 heavy (non-hydrogen) atoms. The Kier molecular flexibility index (Phi) is 9.58. The number of nitrogens with zero attached hydrogens (tertiary/aromatic N) is 1. The second-order valence-electron chi connectivity index (χ2n) is 8.02. The van der Waals surface area contributed by atoms with E-state index >= 15 is 0 Å². The predicted molar refractivity (Wildman–Crippen MR) is 136 cm³/mol. The van der Waals surface area contributed by atoms with Crippen LogP contribution in [-0.4, -0.2) is 35.1 Å². The summed E-state index contributed by atoms with van der Waals surface area (Å²) in [6, 6.07) is 27.5. The number of hydrogen-bond acceptors (Lipinski definition) is 3. The van der Waals surface area contributed by atoms with Crippen molar-refractivity contribution in [3.63, 3.8) is 0 Å². The fraction of sp³-hybridized carbons (Fsp3) is 0.286. The van der Waals surface area contributed by atoms with E-state index in [-0.39, 0.29) is 11.8 Å². The first-order chi connectivity index (χ1) is 16.1. The molecule has 2 amide bonds. The largest absolute Gasteiger partial charge is 0.355 e. The Morgan fingerprint density at radius 2 is 1.48 bits per heavy atom. The van der Waals surface area contributed by atoms with Crippen LogP contribution in [0.4, 0.5) is 0 Å². The predicted octanol–water partition coefficient (Wildman–Crippen LogP) is 5.25. The van der Waals surface area contributed by atoms with Gasteiger partial charge in [-0.05, 0) is 37.1 Å². The van der Waals surface area contributed by atoms with Gasteiger partial charge in [0.05, 0.1) is 0 Å². The van der Waals surface area contributed by atoms with Crippen molar-refractivity contribution in [1.82, 2.24) is 10.2 Å². The maximum absolute atomic E-state index is 13.5. The molecule has 1 atom stereocenters. The number of nitrogens with one attached hydrogen (secondary N) is 1. The molecule has 0 aromatic heterocycles. The smallest absolute Gasteiger partial charge is 0.243 e. The van der Waals surface area contributed by atoms with Gasteiger partial charge >= 0.3 is 0 Å². The molecule has 0 aliphatic rings. The van der Waals surface area contributed by atoms with Crippen molar-refractivity contribution in [1.29, 1.82) is 0 Å². The van der Waals surface area contributed by atoms with Crippen LogP contribution in [0.25, 0.3) is 0 Å². The zero-order chi connectivity index (χ0) is 23.5. The summed E-state index contributed by atoms with van der Waals surface area (Å²) in [6.45, 7) is 4.90. The van der Waals surface area contributed by atoms with E-state index in [0.29, 0.717) is 31.7 Å². The van der Waals surface area contributed by atoms with Gasteiger partial charge in [-0.15, -0.1) is 11.8 Å². The molecule has 0 saturated carbocycles. The fourth-order valence-electron chi connectivity index (χ4n) is 3.66. The summed E-state index contributed by atoms with van der Waals surface area (Å²) in [7, 11) is 0. The molecule has 0 radical (unpaired) electrons. The van der Waals surface area contributed by atoms with Crippen LogP contribution >= 0.6 is 11.8 Å². The Bertz CT molecular complexity index is 1010. The second kappa shape index (κ2) is 12.9. The maximum atomic E-state index is 13.5. The highest BCUT2D eigenvalue weighted by Gasteiger charge is 2.29. The Hall–Kier alpha value is -3.05. The summed E-state index contributed by atoms with van der Waals surface area (Å²) in [5.74, 6) is 0.545. The zero-order valence-electron chi connectivity index (χ0n) is 19.4. The Morgan fingerprint density at radius 1 is 0.879 bits per heavy atom. The van der Waals surface area contributed by atoms with Crippen LogP contribution in [0.1, 0.15) is 30.0 Å². The number of carbonyl (C=O) groups is 2. The molecule has 3 aromatic carbocycles. The van der Waals surface area contributed by atoms with E-state index in [9.17, 15) is 9.59 Å². The summed E-state index contributed by atoms with van der Waals surface area (Å²) in [4.78, 5) is 29.5. The minimum absolute atomic E-state index is 0.00866. The van der Waals surface area contributed by atoms with Crippen LogP contribution in [0.15, 0.2) is 89.8 Å². The van der Waals surface area contributed by atoms with E-state index < -0.39 is 6.04 Å². The minimum Gasteiger partial charge on any atom is -0.355 e. The summed E-state index contributed by atoms with van der Waals surface area (Å²) >= 11 is 1.67. The molecule has 3 aromatic rings. The topological polar surface area (TPSA) is 49.4 Å². The lowest BCUT2D eigenvalue weighted by Crippen LogP contribution is -2.50. The summed E-state index contributed by atoms with van der Waals surface area (Å²) in [5.41, 5.74) is 3.27. The molecule has 0 aliphatic carbocycles. The molecule has 3 rings (SSSR count). The molecule has 5 heteroatoms. The van der Waals surface area contributed by atoms with Gasteiger partial charge in [-0.3, -0.25) is 9.59 Å². The number of thioether (sulfide) groups is 1. The van der Waals surface area contributed by atoms with Gasteiger partial charge in [0.15, 0.2) is 0 Å². The third-order valence-electron chi connectivity index (χ3n) is 5.42. The van der Waals surface area contributed by atoms with Crippen LogP contribution < -0.4 is 5.32 Å². The number of hydrogen-bond donors (Lipinski definition) is 1. The van der Waals surface area contributed by atoms with Gasteiger partial charge in [0.25, 0.3) is 0 Å². The molecule has 1 unspecified atom stereocenters. The molecule has 0 spiro atoms. The van der Waals surface area contributed by atoms with Crippen LogP contribution in [-0.2, 0) is 22.6 Å². The highest BCUT2D eigenvalue weighted by atomic mass is 32.2. The molecule has 0 fully saturated rings. The molecular formula is C28H32N2O2S. The normalized spacial score (nSPS) is 11.6. The SMILES string of the molecule is CCNC(=O)C(Cc1ccccc1)N(Cc1ccccc1)C(=O)CCSc1ccc(C)cc1. The Morgan fingerprint density at radius 3 is 2.09 bits per heavy atom. The van der Waals surface area contributed by atoms with Crippen molar-refractivity contribution in [3.8, 4) is 0 Å². The fourth-order valence-corrected chi connectivity index (χ4v) is 4.50. The number of rotatable bonds is 11. The number of likely N-dealkylation sites (N-methyl/N-ethyl adjacent to an activating group) is 1. The van der Waals surface area contributed by atoms with E-state index in [0.717, 1.165) is 16.0 Å². The number of carbonyl (C=O) groups excluding carboxylic acids is 2. The second-order valence-corrected chi connectivity index (χ2v) is 9.19. The van der Waals surface area contributed by atoms with Gasteiger partial charge < -0.3 is 10.2 Å². The lowest BCUT2D eigenvalue weighted by molar-refractivity contribution is -0.140. The third-order valence-corrected chi connectivity index (χ3v) is 6.44. The van der Waals surface area contributed by atoms with Gasteiger partial charge in [-0.25, -0.2) is 0 Å². The highest BCUT2D eigenvalue weighted by molar-refractivity contribution is 7.99. The molecule has 0 aliphatic heterocycles. The zero-order valence-corrected chi connectivity index (χ0v) is 20.2. The van der Waals surface area contributed by atoms with Crippen LogP contribution in [0.3, 0.4) is 0 Å². The van der Waals surface area contributed by atoms with Crippen molar-refractivity contribution in [2.45, 2.75) is 44.2 Å². The third kappa shape index (κ3) is 7.79. The van der Waals surface area contributed by atoms with Crippen molar-refractivity contribution >= 4 is 23.6 Å². The van der Waals surface area contributed by atoms with Crippen molar-refractivity contribution in [3.05, 3.63) is 102 Å². The van der Waals surface area contributed by atoms with E-state index in [1.165, 1.54) is 5.56 Å². The first kappa shape index (κ1) is 24.6. The monoisotopic (exact) mass is 460 g/mol. The minimum atomic E-state index is -0.565.